The van der Waals surface area contributed by atoms with Crippen LogP contribution in [0.4, 0.5) is 5.69 Å². The number of hydrogen-bond donors (Lipinski definition) is 2. The lowest BCUT2D eigenvalue weighted by Gasteiger charge is -2.26. The van der Waals surface area contributed by atoms with E-state index in [2.05, 4.69) is 25.1 Å². The topological polar surface area (TPSA) is 114 Å². The third kappa shape index (κ3) is 2.71. The maximum Gasteiger partial charge on any atom is 0.266 e. The summed E-state index contributed by atoms with van der Waals surface area (Å²) >= 11 is 1.31. The number of carbonyl (C=O) groups excluding carboxylic acids is 1. The number of fused-ring (bicyclic) bond motifs is 2. The van der Waals surface area contributed by atoms with Gasteiger partial charge in [0.1, 0.15) is 15.2 Å². The highest BCUT2D eigenvalue weighted by Gasteiger charge is 2.24. The largest absolute Gasteiger partial charge is 0.396 e. The van der Waals surface area contributed by atoms with E-state index in [9.17, 15) is 4.79 Å². The van der Waals surface area contributed by atoms with Crippen LogP contribution >= 0.6 is 11.3 Å². The number of carbonyl (C=O) groups is 1. The molecule has 0 bridgehead atoms. The Bertz CT molecular complexity index is 1160. The van der Waals surface area contributed by atoms with Gasteiger partial charge in [-0.1, -0.05) is 0 Å². The number of rotatable bonds is 2. The van der Waals surface area contributed by atoms with Gasteiger partial charge in [0, 0.05) is 30.2 Å². The molecule has 3 N–H and O–H groups in total. The molecule has 5 heterocycles. The third-order valence-electron chi connectivity index (χ3n) is 4.86. The minimum atomic E-state index is -0.0139. The molecule has 1 aliphatic heterocycles. The number of aromatic amines is 1. The van der Waals surface area contributed by atoms with Crippen LogP contribution in [0.25, 0.3) is 32.6 Å². The summed E-state index contributed by atoms with van der Waals surface area (Å²) in [5.41, 5.74) is 9.50. The molecule has 136 valence electrons. The third-order valence-corrected chi connectivity index (χ3v) is 5.94. The van der Waals surface area contributed by atoms with Crippen molar-refractivity contribution in [3.8, 4) is 11.3 Å². The van der Waals surface area contributed by atoms with Gasteiger partial charge in [0.25, 0.3) is 5.91 Å². The number of hydrogen-bond acceptors (Lipinski definition) is 7. The van der Waals surface area contributed by atoms with Crippen LogP contribution in [-0.4, -0.2) is 49.0 Å². The first kappa shape index (κ1) is 16.1. The molecular weight excluding hydrogens is 362 g/mol. The van der Waals surface area contributed by atoms with Gasteiger partial charge in [-0.25, -0.2) is 15.0 Å². The quantitative estimate of drug-likeness (QED) is 0.554. The fraction of sp³-hybridized carbons (Fsp3) is 0.278. The molecular formula is C18H17N7OS. The van der Waals surface area contributed by atoms with Gasteiger partial charge in [-0.05, 0) is 25.3 Å². The van der Waals surface area contributed by atoms with Crippen LogP contribution in [0.5, 0.6) is 0 Å². The summed E-state index contributed by atoms with van der Waals surface area (Å²) in [5.74, 6) is -0.0139. The predicted octanol–water partition coefficient (Wildman–Crippen LogP) is 2.84. The number of nitrogens with two attached hydrogens (primary N) is 1. The van der Waals surface area contributed by atoms with E-state index in [1.165, 1.54) is 17.8 Å². The molecule has 0 saturated carbocycles. The average Bonchev–Trinajstić information content (AvgIpc) is 3.31. The molecule has 1 amide bonds. The number of nitrogen functional groups attached to an aromatic ring is 1. The highest BCUT2D eigenvalue weighted by molar-refractivity contribution is 7.21. The zero-order chi connectivity index (χ0) is 18.4. The Morgan fingerprint density at radius 1 is 1.15 bits per heavy atom. The van der Waals surface area contributed by atoms with E-state index < -0.39 is 0 Å². The lowest BCUT2D eigenvalue weighted by Crippen LogP contribution is -2.35. The number of piperidine rings is 1. The highest BCUT2D eigenvalue weighted by Crippen LogP contribution is 2.34. The van der Waals surface area contributed by atoms with Gasteiger partial charge in [-0.3, -0.25) is 9.89 Å². The second-order valence-corrected chi connectivity index (χ2v) is 7.64. The number of aromatic nitrogens is 5. The maximum atomic E-state index is 12.8. The molecule has 4 aromatic rings. The van der Waals surface area contributed by atoms with E-state index in [0.29, 0.717) is 26.6 Å². The summed E-state index contributed by atoms with van der Waals surface area (Å²) in [6.07, 6.45) is 8.38. The minimum Gasteiger partial charge on any atom is -0.396 e. The summed E-state index contributed by atoms with van der Waals surface area (Å²) in [6, 6.07) is 1.96. The van der Waals surface area contributed by atoms with Gasteiger partial charge in [0.2, 0.25) is 0 Å². The van der Waals surface area contributed by atoms with Gasteiger partial charge < -0.3 is 10.6 Å². The molecule has 5 rings (SSSR count). The van der Waals surface area contributed by atoms with Crippen molar-refractivity contribution < 1.29 is 4.79 Å². The second kappa shape index (κ2) is 6.27. The first-order chi connectivity index (χ1) is 13.2. The fourth-order valence-electron chi connectivity index (χ4n) is 3.40. The summed E-state index contributed by atoms with van der Waals surface area (Å²) in [5, 5.41) is 7.72. The normalized spacial score (nSPS) is 14.9. The molecule has 0 aliphatic carbocycles. The zero-order valence-electron chi connectivity index (χ0n) is 14.5. The van der Waals surface area contributed by atoms with E-state index in [0.717, 1.165) is 42.5 Å². The van der Waals surface area contributed by atoms with Crippen LogP contribution in [0, 0.1) is 0 Å². The molecule has 0 aromatic carbocycles. The molecule has 27 heavy (non-hydrogen) atoms. The molecule has 0 spiro atoms. The molecule has 1 aliphatic rings. The first-order valence-corrected chi connectivity index (χ1v) is 9.66. The van der Waals surface area contributed by atoms with Crippen molar-refractivity contribution in [3.63, 3.8) is 0 Å². The predicted molar refractivity (Wildman–Crippen MR) is 104 cm³/mol. The number of thiophene rings is 1. The Hall–Kier alpha value is -3.07. The summed E-state index contributed by atoms with van der Waals surface area (Å²) in [6.45, 7) is 1.57. The van der Waals surface area contributed by atoms with Gasteiger partial charge in [0.15, 0.2) is 5.65 Å². The molecule has 1 fully saturated rings. The van der Waals surface area contributed by atoms with Crippen LogP contribution in [-0.2, 0) is 0 Å². The van der Waals surface area contributed by atoms with E-state index in [4.69, 9.17) is 5.73 Å². The smallest absolute Gasteiger partial charge is 0.266 e. The number of H-pyrrole nitrogens is 1. The number of nitrogens with zero attached hydrogens (tertiary/aromatic N) is 5. The van der Waals surface area contributed by atoms with Crippen molar-refractivity contribution in [2.75, 3.05) is 18.8 Å². The first-order valence-electron chi connectivity index (χ1n) is 8.84. The van der Waals surface area contributed by atoms with Crippen LogP contribution in [0.3, 0.4) is 0 Å². The zero-order valence-corrected chi connectivity index (χ0v) is 15.3. The molecule has 4 aromatic heterocycles. The molecule has 0 radical (unpaired) electrons. The molecule has 0 atom stereocenters. The molecule has 1 saturated heterocycles. The van der Waals surface area contributed by atoms with Crippen molar-refractivity contribution >= 4 is 44.3 Å². The number of likely N-dealkylation sites (tertiary alicyclic amines) is 1. The van der Waals surface area contributed by atoms with Crippen LogP contribution in [0.15, 0.2) is 24.7 Å². The minimum absolute atomic E-state index is 0.0139. The standard InChI is InChI=1S/C18H17N7OS/c19-13-14-17(27-15(13)18(26)25-4-2-1-3-5-25)23-12(9-20-14)10-6-11-8-22-24-16(11)21-7-10/h6-9H,1-5,19H2,(H,21,22,24). The number of anilines is 1. The SMILES string of the molecule is Nc1c(C(=O)N2CCCCC2)sc2nc(-c3cnc4[nH]ncc4c3)cnc12. The molecule has 9 heteroatoms. The summed E-state index contributed by atoms with van der Waals surface area (Å²) in [4.78, 5) is 29.4. The highest BCUT2D eigenvalue weighted by atomic mass is 32.1. The molecule has 0 unspecified atom stereocenters. The Kier molecular flexibility index (Phi) is 3.75. The summed E-state index contributed by atoms with van der Waals surface area (Å²) < 4.78 is 0. The van der Waals surface area contributed by atoms with E-state index in [1.807, 2.05) is 11.0 Å². The fourth-order valence-corrected chi connectivity index (χ4v) is 4.42. The number of amides is 1. The van der Waals surface area contributed by atoms with Crippen LogP contribution in [0.1, 0.15) is 28.9 Å². The van der Waals surface area contributed by atoms with Gasteiger partial charge in [0.05, 0.1) is 23.8 Å². The Morgan fingerprint density at radius 3 is 2.85 bits per heavy atom. The van der Waals surface area contributed by atoms with Crippen molar-refractivity contribution in [2.45, 2.75) is 19.3 Å². The second-order valence-electron chi connectivity index (χ2n) is 6.64. The van der Waals surface area contributed by atoms with Gasteiger partial charge >= 0.3 is 0 Å². The Labute approximate surface area is 158 Å². The van der Waals surface area contributed by atoms with E-state index >= 15 is 0 Å². The van der Waals surface area contributed by atoms with Crippen LogP contribution in [0.2, 0.25) is 0 Å². The van der Waals surface area contributed by atoms with Crippen LogP contribution < -0.4 is 5.73 Å². The van der Waals surface area contributed by atoms with E-state index in [1.54, 1.807) is 18.6 Å². The average molecular weight is 379 g/mol. The summed E-state index contributed by atoms with van der Waals surface area (Å²) in [7, 11) is 0. The van der Waals surface area contributed by atoms with Gasteiger partial charge in [-0.2, -0.15) is 5.10 Å². The lowest BCUT2D eigenvalue weighted by molar-refractivity contribution is 0.0730. The Balaban J connectivity index is 1.54. The molecule has 8 nitrogen and oxygen atoms in total. The van der Waals surface area contributed by atoms with Crippen molar-refractivity contribution in [3.05, 3.63) is 29.5 Å². The van der Waals surface area contributed by atoms with Crippen molar-refractivity contribution in [2.24, 2.45) is 0 Å². The van der Waals surface area contributed by atoms with Crippen molar-refractivity contribution in [1.82, 2.24) is 30.0 Å². The maximum absolute atomic E-state index is 12.8. The van der Waals surface area contributed by atoms with Crippen molar-refractivity contribution in [1.29, 1.82) is 0 Å². The lowest BCUT2D eigenvalue weighted by atomic mass is 10.1. The monoisotopic (exact) mass is 379 g/mol. The number of nitrogens with one attached hydrogen (secondary N) is 1. The number of pyridine rings is 1. The Morgan fingerprint density at radius 2 is 2.00 bits per heavy atom. The van der Waals surface area contributed by atoms with Gasteiger partial charge in [-0.15, -0.1) is 11.3 Å². The van der Waals surface area contributed by atoms with E-state index in [-0.39, 0.29) is 5.91 Å².